The van der Waals surface area contributed by atoms with E-state index in [1.54, 1.807) is 24.3 Å². The number of ketones is 1. The van der Waals surface area contributed by atoms with Crippen LogP contribution in [0.25, 0.3) is 0 Å². The van der Waals surface area contributed by atoms with Crippen LogP contribution in [0.2, 0.25) is 0 Å². The van der Waals surface area contributed by atoms with Gasteiger partial charge in [-0.25, -0.2) is 18.9 Å². The quantitative estimate of drug-likeness (QED) is 0.266. The Balaban J connectivity index is 1.35. The summed E-state index contributed by atoms with van der Waals surface area (Å²) in [6.07, 6.45) is 0.438. The lowest BCUT2D eigenvalue weighted by Gasteiger charge is -2.29. The number of likely N-dealkylation sites (tertiary alicyclic amines) is 1. The van der Waals surface area contributed by atoms with Gasteiger partial charge in [-0.1, -0.05) is 24.3 Å². The molecule has 1 saturated heterocycles. The highest BCUT2D eigenvalue weighted by molar-refractivity contribution is 9.10. The summed E-state index contributed by atoms with van der Waals surface area (Å²) in [5, 5.41) is 14.6. The van der Waals surface area contributed by atoms with Gasteiger partial charge < -0.3 is 20.5 Å². The van der Waals surface area contributed by atoms with Crippen LogP contribution in [-0.2, 0) is 11.2 Å². The zero-order chi connectivity index (χ0) is 27.3. The fraction of sp³-hybridized carbons (Fsp3) is 0.250. The minimum atomic E-state index is -2.17. The summed E-state index contributed by atoms with van der Waals surface area (Å²) in [7, 11) is 0. The first-order valence-corrected chi connectivity index (χ1v) is 12.8. The lowest BCUT2D eigenvalue weighted by molar-refractivity contribution is -0.144. The summed E-state index contributed by atoms with van der Waals surface area (Å²) in [6, 6.07) is 17.8. The van der Waals surface area contributed by atoms with E-state index < -0.39 is 23.6 Å². The standard InChI is InChI=1S/C28H27BrFN3O5/c1-18-5-2-3-6-23(18)31-27(37)32-24-12-7-19(15-22(24)29)16-25(34)28(30)13-4-14-33(28)17-38-21-10-8-20(9-11-21)26(35)36/h2-3,5-12,15H,4,13-14,16-17H2,1H3,(H,35,36)(H2,31,32,37). The van der Waals surface area contributed by atoms with Gasteiger partial charge in [0.25, 0.3) is 0 Å². The molecule has 1 aliphatic heterocycles. The van der Waals surface area contributed by atoms with Crippen molar-refractivity contribution in [2.24, 2.45) is 0 Å². The molecule has 4 rings (SSSR count). The number of nitrogens with one attached hydrogen (secondary N) is 2. The van der Waals surface area contributed by atoms with E-state index in [1.165, 1.54) is 29.2 Å². The van der Waals surface area contributed by atoms with E-state index in [1.807, 2.05) is 25.1 Å². The Bertz CT molecular complexity index is 1350. The van der Waals surface area contributed by atoms with Gasteiger partial charge in [0.1, 0.15) is 12.5 Å². The Kier molecular flexibility index (Phi) is 8.43. The number of halogens is 2. The van der Waals surface area contributed by atoms with Crippen molar-refractivity contribution >= 4 is 45.1 Å². The molecule has 0 spiro atoms. The highest BCUT2D eigenvalue weighted by Gasteiger charge is 2.47. The number of urea groups is 1. The number of carboxylic acids is 1. The third kappa shape index (κ3) is 6.38. The van der Waals surface area contributed by atoms with Crippen LogP contribution < -0.4 is 15.4 Å². The largest absolute Gasteiger partial charge is 0.478 e. The lowest BCUT2D eigenvalue weighted by atomic mass is 9.99. The smallest absolute Gasteiger partial charge is 0.335 e. The molecule has 0 aliphatic carbocycles. The number of benzene rings is 3. The summed E-state index contributed by atoms with van der Waals surface area (Å²) in [6.45, 7) is 2.11. The number of aromatic carboxylic acids is 1. The zero-order valence-corrected chi connectivity index (χ0v) is 22.3. The van der Waals surface area contributed by atoms with Gasteiger partial charge in [-0.2, -0.15) is 0 Å². The summed E-state index contributed by atoms with van der Waals surface area (Å²) in [5.41, 5.74) is 2.85. The number of ether oxygens (including phenoxy) is 1. The van der Waals surface area contributed by atoms with E-state index in [4.69, 9.17) is 9.84 Å². The molecule has 1 atom stereocenters. The lowest BCUT2D eigenvalue weighted by Crippen LogP contribution is -2.49. The zero-order valence-electron chi connectivity index (χ0n) is 20.7. The van der Waals surface area contributed by atoms with Crippen LogP contribution in [0, 0.1) is 6.92 Å². The molecular formula is C28H27BrFN3O5. The van der Waals surface area contributed by atoms with Gasteiger partial charge in [-0.3, -0.25) is 4.79 Å². The number of alkyl halides is 1. The second-order valence-electron chi connectivity index (χ2n) is 9.04. The predicted molar refractivity (Wildman–Crippen MR) is 145 cm³/mol. The number of nitrogens with zero attached hydrogens (tertiary/aromatic N) is 1. The van der Waals surface area contributed by atoms with Crippen LogP contribution in [-0.4, -0.2) is 46.9 Å². The monoisotopic (exact) mass is 583 g/mol. The molecule has 0 saturated carbocycles. The van der Waals surface area contributed by atoms with Crippen molar-refractivity contribution in [1.29, 1.82) is 0 Å². The number of aryl methyl sites for hydroxylation is 1. The van der Waals surface area contributed by atoms with Crippen LogP contribution in [0.1, 0.15) is 34.3 Å². The number of carbonyl (C=O) groups is 3. The van der Waals surface area contributed by atoms with E-state index >= 15 is 4.39 Å². The molecular weight excluding hydrogens is 557 g/mol. The normalized spacial score (nSPS) is 17.1. The Labute approximate surface area is 227 Å². The van der Waals surface area contributed by atoms with Crippen LogP contribution in [0.5, 0.6) is 5.75 Å². The average molecular weight is 584 g/mol. The van der Waals surface area contributed by atoms with Gasteiger partial charge in [0.2, 0.25) is 5.79 Å². The molecule has 3 aromatic rings. The van der Waals surface area contributed by atoms with Crippen LogP contribution in [0.3, 0.4) is 0 Å². The second kappa shape index (κ2) is 11.7. The minimum Gasteiger partial charge on any atom is -0.478 e. The van der Waals surface area contributed by atoms with E-state index in [0.717, 1.165) is 5.56 Å². The summed E-state index contributed by atoms with van der Waals surface area (Å²) in [4.78, 5) is 37.8. The molecule has 10 heteroatoms. The third-order valence-corrected chi connectivity index (χ3v) is 7.05. The number of hydrogen-bond acceptors (Lipinski definition) is 5. The first-order chi connectivity index (χ1) is 18.2. The summed E-state index contributed by atoms with van der Waals surface area (Å²) >= 11 is 3.42. The molecule has 2 amide bonds. The molecule has 1 fully saturated rings. The molecule has 0 radical (unpaired) electrons. The third-order valence-electron chi connectivity index (χ3n) is 6.39. The SMILES string of the molecule is Cc1ccccc1NC(=O)Nc1ccc(CC(=O)C2(F)CCCN2COc2ccc(C(=O)O)cc2)cc1Br. The van der Waals surface area contributed by atoms with Crippen LogP contribution in [0.15, 0.2) is 71.2 Å². The molecule has 1 aliphatic rings. The number of rotatable bonds is 9. The van der Waals surface area contributed by atoms with Crippen molar-refractivity contribution in [3.05, 3.63) is 87.9 Å². The average Bonchev–Trinajstić information content (AvgIpc) is 3.27. The Morgan fingerprint density at radius 2 is 1.76 bits per heavy atom. The second-order valence-corrected chi connectivity index (χ2v) is 9.89. The topological polar surface area (TPSA) is 108 Å². The van der Waals surface area contributed by atoms with Crippen LogP contribution >= 0.6 is 15.9 Å². The Morgan fingerprint density at radius 3 is 2.45 bits per heavy atom. The van der Waals surface area contributed by atoms with Crippen molar-refractivity contribution in [2.45, 2.75) is 32.0 Å². The maximum Gasteiger partial charge on any atom is 0.335 e. The molecule has 198 valence electrons. The Morgan fingerprint density at radius 1 is 1.05 bits per heavy atom. The van der Waals surface area contributed by atoms with Crippen molar-refractivity contribution in [1.82, 2.24) is 4.90 Å². The minimum absolute atomic E-state index is 0.0625. The fourth-order valence-corrected chi connectivity index (χ4v) is 4.77. The maximum absolute atomic E-state index is 15.9. The predicted octanol–water partition coefficient (Wildman–Crippen LogP) is 6.01. The van der Waals surface area contributed by atoms with Crippen molar-refractivity contribution < 1.29 is 28.6 Å². The van der Waals surface area contributed by atoms with Gasteiger partial charge in [0, 0.05) is 29.5 Å². The summed E-state index contributed by atoms with van der Waals surface area (Å²) in [5.74, 6) is -3.41. The first-order valence-electron chi connectivity index (χ1n) is 12.0. The Hall–Kier alpha value is -3.76. The summed E-state index contributed by atoms with van der Waals surface area (Å²) < 4.78 is 22.1. The molecule has 1 heterocycles. The highest BCUT2D eigenvalue weighted by Crippen LogP contribution is 2.34. The molecule has 3 N–H and O–H groups in total. The van der Waals surface area contributed by atoms with Crippen molar-refractivity contribution in [3.63, 3.8) is 0 Å². The van der Waals surface area contributed by atoms with Crippen molar-refractivity contribution in [2.75, 3.05) is 23.9 Å². The van der Waals surface area contributed by atoms with E-state index in [0.29, 0.717) is 40.1 Å². The molecule has 38 heavy (non-hydrogen) atoms. The van der Waals surface area contributed by atoms with Crippen molar-refractivity contribution in [3.8, 4) is 5.75 Å². The maximum atomic E-state index is 15.9. The number of hydrogen-bond donors (Lipinski definition) is 3. The van der Waals surface area contributed by atoms with Gasteiger partial charge in [-0.15, -0.1) is 0 Å². The molecule has 3 aromatic carbocycles. The molecule has 0 bridgehead atoms. The van der Waals surface area contributed by atoms with Gasteiger partial charge in [0.05, 0.1) is 11.3 Å². The number of amides is 2. The van der Waals surface area contributed by atoms with E-state index in [2.05, 4.69) is 26.6 Å². The number of carbonyl (C=O) groups excluding carboxylic acids is 2. The highest BCUT2D eigenvalue weighted by atomic mass is 79.9. The number of anilines is 2. The molecule has 0 aromatic heterocycles. The number of para-hydroxylation sites is 1. The van der Waals surface area contributed by atoms with Gasteiger partial charge in [-0.05, 0) is 82.9 Å². The van der Waals surface area contributed by atoms with Crippen LogP contribution in [0.4, 0.5) is 20.6 Å². The van der Waals surface area contributed by atoms with E-state index in [-0.39, 0.29) is 25.1 Å². The van der Waals surface area contributed by atoms with Gasteiger partial charge >= 0.3 is 12.0 Å². The first kappa shape index (κ1) is 27.3. The molecule has 8 nitrogen and oxygen atoms in total. The molecule has 1 unspecified atom stereocenters. The van der Waals surface area contributed by atoms with Gasteiger partial charge in [0.15, 0.2) is 5.78 Å². The van der Waals surface area contributed by atoms with E-state index in [9.17, 15) is 14.4 Å². The number of Topliss-reactive ketones (excluding diaryl/α,β-unsaturated/α-hetero) is 1. The fourth-order valence-electron chi connectivity index (χ4n) is 4.25. The number of carboxylic acid groups (broad SMARTS) is 1.